The molecule has 1 aromatic rings. The van der Waals surface area contributed by atoms with Gasteiger partial charge in [-0.15, -0.1) is 11.8 Å². The summed E-state index contributed by atoms with van der Waals surface area (Å²) in [6.07, 6.45) is 4.38. The van der Waals surface area contributed by atoms with Crippen LogP contribution in [0.25, 0.3) is 0 Å². The van der Waals surface area contributed by atoms with E-state index >= 15 is 0 Å². The third kappa shape index (κ3) is 3.75. The highest BCUT2D eigenvalue weighted by atomic mass is 32.2. The third-order valence-corrected chi connectivity index (χ3v) is 3.74. The number of allylic oxidation sites excluding steroid dienone is 1. The molecule has 1 unspecified atom stereocenters. The van der Waals surface area contributed by atoms with Crippen molar-refractivity contribution < 1.29 is 0 Å². The van der Waals surface area contributed by atoms with Crippen LogP contribution >= 0.6 is 11.8 Å². The molecule has 0 bridgehead atoms. The van der Waals surface area contributed by atoms with E-state index in [0.717, 1.165) is 5.75 Å². The van der Waals surface area contributed by atoms with Gasteiger partial charge in [0.2, 0.25) is 0 Å². The summed E-state index contributed by atoms with van der Waals surface area (Å²) in [6.45, 7) is 8.72. The van der Waals surface area contributed by atoms with Crippen molar-refractivity contribution in [2.45, 2.75) is 38.7 Å². The first-order valence-corrected chi connectivity index (χ1v) is 6.49. The predicted molar refractivity (Wildman–Crippen MR) is 71.5 cm³/mol. The molecule has 0 heterocycles. The lowest BCUT2D eigenvalue weighted by Crippen LogP contribution is -1.95. The van der Waals surface area contributed by atoms with Crippen LogP contribution in [0.4, 0.5) is 0 Å². The number of hydrogen-bond donors (Lipinski definition) is 0. The molecule has 0 aliphatic carbocycles. The van der Waals surface area contributed by atoms with E-state index in [0.29, 0.717) is 5.25 Å². The minimum absolute atomic E-state index is 0.606. The normalized spacial score (nSPS) is 13.3. The number of aryl methyl sites for hydroxylation is 2. The minimum Gasteiger partial charge on any atom is -0.150 e. The Labute approximate surface area is 97.8 Å². The van der Waals surface area contributed by atoms with Crippen molar-refractivity contribution in [2.24, 2.45) is 0 Å². The van der Waals surface area contributed by atoms with Crippen LogP contribution in [0.15, 0.2) is 30.4 Å². The molecule has 0 aromatic heterocycles. The molecule has 0 radical (unpaired) electrons. The van der Waals surface area contributed by atoms with E-state index in [1.165, 1.54) is 16.7 Å². The molecule has 15 heavy (non-hydrogen) atoms. The molecule has 0 saturated heterocycles. The standard InChI is InChI=1S/C14H20S/c1-5-7-13(4)15-10-14-11(2)8-6-9-12(14)3/h5-9,13H,10H2,1-4H3/b7-5+. The molecule has 1 aromatic carbocycles. The second-order valence-electron chi connectivity index (χ2n) is 3.91. The molecule has 0 amide bonds. The molecule has 1 rings (SSSR count). The Kier molecular flexibility index (Phi) is 4.97. The molecule has 1 heteroatoms. The molecule has 82 valence electrons. The van der Waals surface area contributed by atoms with E-state index in [2.05, 4.69) is 58.0 Å². The molecular formula is C14H20S. The maximum absolute atomic E-state index is 2.25. The van der Waals surface area contributed by atoms with Crippen LogP contribution in [-0.4, -0.2) is 5.25 Å². The highest BCUT2D eigenvalue weighted by molar-refractivity contribution is 7.99. The van der Waals surface area contributed by atoms with Gasteiger partial charge in [0.25, 0.3) is 0 Å². The molecule has 0 N–H and O–H groups in total. The zero-order chi connectivity index (χ0) is 11.3. The van der Waals surface area contributed by atoms with Gasteiger partial charge >= 0.3 is 0 Å². The molecule has 0 saturated carbocycles. The van der Waals surface area contributed by atoms with Gasteiger partial charge in [0.15, 0.2) is 0 Å². The van der Waals surface area contributed by atoms with E-state index in [-0.39, 0.29) is 0 Å². The summed E-state index contributed by atoms with van der Waals surface area (Å²) in [4.78, 5) is 0. The maximum Gasteiger partial charge on any atom is 0.0201 e. The van der Waals surface area contributed by atoms with E-state index in [1.54, 1.807) is 0 Å². The van der Waals surface area contributed by atoms with Gasteiger partial charge in [-0.2, -0.15) is 0 Å². The van der Waals surface area contributed by atoms with Gasteiger partial charge in [0, 0.05) is 11.0 Å². The Morgan fingerprint density at radius 1 is 1.27 bits per heavy atom. The van der Waals surface area contributed by atoms with Gasteiger partial charge in [-0.25, -0.2) is 0 Å². The monoisotopic (exact) mass is 220 g/mol. The summed E-state index contributed by atoms with van der Waals surface area (Å²) in [6, 6.07) is 6.53. The van der Waals surface area contributed by atoms with Crippen LogP contribution in [0, 0.1) is 13.8 Å². The topological polar surface area (TPSA) is 0 Å². The number of benzene rings is 1. The molecule has 0 spiro atoms. The Hall–Kier alpha value is -0.690. The Balaban J connectivity index is 2.65. The summed E-state index contributed by atoms with van der Waals surface area (Å²) in [7, 11) is 0. The van der Waals surface area contributed by atoms with E-state index < -0.39 is 0 Å². The first kappa shape index (κ1) is 12.4. The summed E-state index contributed by atoms with van der Waals surface area (Å²) in [5.41, 5.74) is 4.32. The number of hydrogen-bond acceptors (Lipinski definition) is 1. The van der Waals surface area contributed by atoms with Gasteiger partial charge in [-0.1, -0.05) is 30.4 Å². The lowest BCUT2D eigenvalue weighted by atomic mass is 10.1. The van der Waals surface area contributed by atoms with Gasteiger partial charge < -0.3 is 0 Å². The molecule has 0 aliphatic rings. The van der Waals surface area contributed by atoms with Crippen molar-refractivity contribution in [2.75, 3.05) is 0 Å². The van der Waals surface area contributed by atoms with Gasteiger partial charge in [-0.3, -0.25) is 0 Å². The first-order valence-electron chi connectivity index (χ1n) is 5.44. The summed E-state index contributed by atoms with van der Waals surface area (Å²) >= 11 is 2.00. The van der Waals surface area contributed by atoms with Crippen LogP contribution in [0.3, 0.4) is 0 Å². The van der Waals surface area contributed by atoms with Gasteiger partial charge in [-0.05, 0) is 44.4 Å². The number of thioether (sulfide) groups is 1. The van der Waals surface area contributed by atoms with Crippen LogP contribution in [-0.2, 0) is 5.75 Å². The second-order valence-corrected chi connectivity index (χ2v) is 5.28. The van der Waals surface area contributed by atoms with Crippen LogP contribution in [0.5, 0.6) is 0 Å². The van der Waals surface area contributed by atoms with Gasteiger partial charge in [0.1, 0.15) is 0 Å². The lowest BCUT2D eigenvalue weighted by molar-refractivity contribution is 1.20. The fraction of sp³-hybridized carbons (Fsp3) is 0.429. The van der Waals surface area contributed by atoms with Crippen molar-refractivity contribution in [1.82, 2.24) is 0 Å². The quantitative estimate of drug-likeness (QED) is 0.673. The van der Waals surface area contributed by atoms with Crippen LogP contribution < -0.4 is 0 Å². The van der Waals surface area contributed by atoms with Crippen molar-refractivity contribution in [1.29, 1.82) is 0 Å². The van der Waals surface area contributed by atoms with Crippen molar-refractivity contribution in [3.05, 3.63) is 47.0 Å². The van der Waals surface area contributed by atoms with Crippen molar-refractivity contribution >= 4 is 11.8 Å². The number of rotatable bonds is 4. The van der Waals surface area contributed by atoms with Gasteiger partial charge in [0.05, 0.1) is 0 Å². The maximum atomic E-state index is 2.25. The molecule has 0 aliphatic heterocycles. The largest absolute Gasteiger partial charge is 0.150 e. The Morgan fingerprint density at radius 2 is 1.87 bits per heavy atom. The molecule has 0 fully saturated rings. The zero-order valence-corrected chi connectivity index (χ0v) is 10.9. The molecular weight excluding hydrogens is 200 g/mol. The Bertz CT molecular complexity index is 319. The molecule has 0 nitrogen and oxygen atoms in total. The average Bonchev–Trinajstić information content (AvgIpc) is 2.17. The van der Waals surface area contributed by atoms with Crippen molar-refractivity contribution in [3.8, 4) is 0 Å². The second kappa shape index (κ2) is 6.02. The SMILES string of the molecule is C/C=C/C(C)SCc1c(C)cccc1C. The zero-order valence-electron chi connectivity index (χ0n) is 10.1. The van der Waals surface area contributed by atoms with E-state index in [1.807, 2.05) is 11.8 Å². The fourth-order valence-corrected chi connectivity index (χ4v) is 2.77. The smallest absolute Gasteiger partial charge is 0.0201 e. The summed E-state index contributed by atoms with van der Waals surface area (Å²) < 4.78 is 0. The van der Waals surface area contributed by atoms with Crippen LogP contribution in [0.1, 0.15) is 30.5 Å². The van der Waals surface area contributed by atoms with E-state index in [4.69, 9.17) is 0 Å². The van der Waals surface area contributed by atoms with Crippen LogP contribution in [0.2, 0.25) is 0 Å². The Morgan fingerprint density at radius 3 is 2.40 bits per heavy atom. The average molecular weight is 220 g/mol. The fourth-order valence-electron chi connectivity index (χ4n) is 1.62. The highest BCUT2D eigenvalue weighted by Gasteiger charge is 2.04. The summed E-state index contributed by atoms with van der Waals surface area (Å²) in [5, 5.41) is 0.606. The highest BCUT2D eigenvalue weighted by Crippen LogP contribution is 2.23. The lowest BCUT2D eigenvalue weighted by Gasteiger charge is -2.11. The minimum atomic E-state index is 0.606. The summed E-state index contributed by atoms with van der Waals surface area (Å²) in [5.74, 6) is 1.12. The first-order chi connectivity index (χ1) is 7.15. The molecule has 1 atom stereocenters. The van der Waals surface area contributed by atoms with E-state index in [9.17, 15) is 0 Å². The van der Waals surface area contributed by atoms with Crippen molar-refractivity contribution in [3.63, 3.8) is 0 Å². The third-order valence-electron chi connectivity index (χ3n) is 2.60. The predicted octanol–water partition coefficient (Wildman–Crippen LogP) is 4.50.